The molecular weight excluding hydrogens is 568 g/mol. The number of nitrogens with zero attached hydrogens (tertiary/aromatic N) is 3. The Morgan fingerprint density at radius 1 is 1.32 bits per heavy atom. The lowest BCUT2D eigenvalue weighted by Crippen LogP contribution is -2.63. The zero-order chi connectivity index (χ0) is 24.5. The lowest BCUT2D eigenvalue weighted by atomic mass is 9.86. The first-order valence-electron chi connectivity index (χ1n) is 10.2. The number of nitrogens with one attached hydrogen (secondary N) is 1. The van der Waals surface area contributed by atoms with Crippen LogP contribution in [0.1, 0.15) is 12.5 Å². The van der Waals surface area contributed by atoms with Crippen molar-refractivity contribution in [1.29, 1.82) is 0 Å². The molecule has 1 fully saturated rings. The molecule has 3 unspecified atom stereocenters. The van der Waals surface area contributed by atoms with Crippen molar-refractivity contribution in [3.63, 3.8) is 0 Å². The van der Waals surface area contributed by atoms with Gasteiger partial charge in [-0.3, -0.25) is 4.79 Å². The number of carbonyl (C=O) groups excluding carboxylic acids is 1. The predicted molar refractivity (Wildman–Crippen MR) is 123 cm³/mol. The number of carbonyl (C=O) groups is 1. The molecule has 2 aromatic carbocycles. The van der Waals surface area contributed by atoms with Crippen LogP contribution < -0.4 is 5.32 Å². The molecule has 3 atom stereocenters. The average Bonchev–Trinajstić information content (AvgIpc) is 3.31. The number of amides is 1. The molecule has 3 aromatic rings. The first-order chi connectivity index (χ1) is 16.3. The summed E-state index contributed by atoms with van der Waals surface area (Å²) in [6.45, 7) is -0.576. The molecule has 12 heteroatoms. The van der Waals surface area contributed by atoms with Crippen LogP contribution in [0.15, 0.2) is 42.6 Å². The fraction of sp³-hybridized carbons (Fsp3) is 0.318. The van der Waals surface area contributed by atoms with Crippen LogP contribution in [0, 0.1) is 21.0 Å². The van der Waals surface area contributed by atoms with E-state index in [2.05, 4.69) is 38.2 Å². The van der Waals surface area contributed by atoms with Gasteiger partial charge in [0.1, 0.15) is 11.8 Å². The van der Waals surface area contributed by atoms with Gasteiger partial charge >= 0.3 is 0 Å². The number of hydrogen-bond acceptors (Lipinski definition) is 6. The van der Waals surface area contributed by atoms with E-state index in [9.17, 15) is 23.1 Å². The zero-order valence-corrected chi connectivity index (χ0v) is 20.0. The van der Waals surface area contributed by atoms with Crippen molar-refractivity contribution in [2.45, 2.75) is 24.2 Å². The first kappa shape index (κ1) is 24.6. The monoisotopic (exact) mass is 588 g/mol. The maximum absolute atomic E-state index is 13.7. The Kier molecular flexibility index (Phi) is 7.21. The van der Waals surface area contributed by atoms with E-state index in [1.54, 1.807) is 18.2 Å². The number of methoxy groups -OCH3 is 1. The SMILES string of the molecule is COC1C(n2cc(-c3cc(F)c(F)c(F)c3)nn2)CCOC1(CO)C(=O)Nc1cccc(I)c1. The number of halogens is 4. The van der Waals surface area contributed by atoms with E-state index < -0.39 is 47.7 Å². The van der Waals surface area contributed by atoms with Gasteiger partial charge in [-0.1, -0.05) is 11.3 Å². The third-order valence-corrected chi connectivity index (χ3v) is 6.34. The highest BCUT2D eigenvalue weighted by molar-refractivity contribution is 14.1. The van der Waals surface area contributed by atoms with Crippen LogP contribution in [0.4, 0.5) is 18.9 Å². The molecule has 0 spiro atoms. The number of aromatic nitrogens is 3. The smallest absolute Gasteiger partial charge is 0.261 e. The van der Waals surface area contributed by atoms with E-state index in [1.165, 1.54) is 18.0 Å². The van der Waals surface area contributed by atoms with E-state index in [0.29, 0.717) is 12.1 Å². The summed E-state index contributed by atoms with van der Waals surface area (Å²) in [4.78, 5) is 13.3. The van der Waals surface area contributed by atoms with Crippen LogP contribution >= 0.6 is 22.6 Å². The highest BCUT2D eigenvalue weighted by Gasteiger charge is 2.54. The van der Waals surface area contributed by atoms with Crippen LogP contribution in [0.2, 0.25) is 0 Å². The van der Waals surface area contributed by atoms with Crippen LogP contribution in [-0.4, -0.2) is 58.0 Å². The molecule has 0 aliphatic carbocycles. The summed E-state index contributed by atoms with van der Waals surface area (Å²) in [6.07, 6.45) is 0.782. The van der Waals surface area contributed by atoms with E-state index in [0.717, 1.165) is 15.7 Å². The van der Waals surface area contributed by atoms with Gasteiger partial charge in [-0.25, -0.2) is 17.9 Å². The fourth-order valence-corrected chi connectivity index (χ4v) is 4.55. The largest absolute Gasteiger partial charge is 0.393 e. The summed E-state index contributed by atoms with van der Waals surface area (Å²) in [7, 11) is 1.37. The Morgan fingerprint density at radius 2 is 2.06 bits per heavy atom. The fourth-order valence-electron chi connectivity index (χ4n) is 4.00. The van der Waals surface area contributed by atoms with Crippen molar-refractivity contribution >= 4 is 34.2 Å². The average molecular weight is 588 g/mol. The van der Waals surface area contributed by atoms with Crippen LogP contribution in [0.25, 0.3) is 11.3 Å². The molecule has 1 aliphatic heterocycles. The number of aliphatic hydroxyl groups is 1. The molecule has 1 aliphatic rings. The maximum atomic E-state index is 13.7. The maximum Gasteiger partial charge on any atom is 0.261 e. The molecule has 4 rings (SSSR count). The Hall–Kier alpha value is -2.55. The van der Waals surface area contributed by atoms with Crippen LogP contribution in [0.3, 0.4) is 0 Å². The number of ether oxygens (including phenoxy) is 2. The van der Waals surface area contributed by atoms with E-state index in [-0.39, 0.29) is 17.9 Å². The summed E-state index contributed by atoms with van der Waals surface area (Å²) >= 11 is 2.11. The van der Waals surface area contributed by atoms with Crippen LogP contribution in [-0.2, 0) is 14.3 Å². The lowest BCUT2D eigenvalue weighted by Gasteiger charge is -2.44. The Labute approximate surface area is 206 Å². The molecule has 8 nitrogen and oxygen atoms in total. The zero-order valence-electron chi connectivity index (χ0n) is 17.8. The number of aliphatic hydroxyl groups excluding tert-OH is 1. The molecule has 2 N–H and O–H groups in total. The highest BCUT2D eigenvalue weighted by atomic mass is 127. The highest BCUT2D eigenvalue weighted by Crippen LogP contribution is 2.36. The Balaban J connectivity index is 1.64. The topological polar surface area (TPSA) is 98.5 Å². The van der Waals surface area contributed by atoms with Crippen molar-refractivity contribution in [2.24, 2.45) is 0 Å². The van der Waals surface area contributed by atoms with Gasteiger partial charge in [0.05, 0.1) is 25.5 Å². The molecule has 180 valence electrons. The lowest BCUT2D eigenvalue weighted by molar-refractivity contribution is -0.202. The second-order valence-electron chi connectivity index (χ2n) is 7.71. The van der Waals surface area contributed by atoms with Gasteiger partial charge in [0.25, 0.3) is 5.91 Å². The molecule has 1 aromatic heterocycles. The van der Waals surface area contributed by atoms with Crippen molar-refractivity contribution < 1.29 is 32.5 Å². The van der Waals surface area contributed by atoms with Crippen molar-refractivity contribution in [3.05, 3.63) is 63.6 Å². The third kappa shape index (κ3) is 4.54. The summed E-state index contributed by atoms with van der Waals surface area (Å²) < 4.78 is 54.3. The van der Waals surface area contributed by atoms with Crippen molar-refractivity contribution in [3.8, 4) is 11.3 Å². The van der Waals surface area contributed by atoms with Crippen LogP contribution in [0.5, 0.6) is 0 Å². The van der Waals surface area contributed by atoms with Crippen molar-refractivity contribution in [1.82, 2.24) is 15.0 Å². The van der Waals surface area contributed by atoms with E-state index >= 15 is 0 Å². The minimum atomic E-state index is -1.75. The summed E-state index contributed by atoms with van der Waals surface area (Å²) in [5.41, 5.74) is -1.14. The second kappa shape index (κ2) is 9.98. The molecule has 2 heterocycles. The van der Waals surface area contributed by atoms with E-state index in [1.807, 2.05) is 6.07 Å². The van der Waals surface area contributed by atoms with Gasteiger partial charge in [0.15, 0.2) is 23.1 Å². The molecule has 1 amide bonds. The van der Waals surface area contributed by atoms with Crippen molar-refractivity contribution in [2.75, 3.05) is 25.6 Å². The molecule has 0 bridgehead atoms. The van der Waals surface area contributed by atoms with Gasteiger partial charge in [0.2, 0.25) is 0 Å². The standard InChI is InChI=1S/C22H20F3IN4O4/c1-33-20-18(30-10-17(28-29-30)12-7-15(23)19(25)16(24)8-12)5-6-34-22(20,11-31)21(32)27-14-4-2-3-13(26)9-14/h2-4,7-10,18,20,31H,5-6,11H2,1H3,(H,27,32). The first-order valence-corrected chi connectivity index (χ1v) is 11.3. The predicted octanol–water partition coefficient (Wildman–Crippen LogP) is 3.31. The normalized spacial score (nSPS) is 22.5. The Bertz CT molecular complexity index is 1190. The number of benzene rings is 2. The second-order valence-corrected chi connectivity index (χ2v) is 8.96. The van der Waals surface area contributed by atoms with E-state index in [4.69, 9.17) is 9.47 Å². The van der Waals surface area contributed by atoms with Gasteiger partial charge in [-0.05, 0) is 59.3 Å². The van der Waals surface area contributed by atoms with Gasteiger partial charge in [-0.2, -0.15) is 0 Å². The van der Waals surface area contributed by atoms with Gasteiger partial charge in [0, 0.05) is 21.9 Å². The molecule has 1 saturated heterocycles. The quantitative estimate of drug-likeness (QED) is 0.339. The van der Waals surface area contributed by atoms with Gasteiger partial charge in [-0.15, -0.1) is 5.10 Å². The molecule has 0 radical (unpaired) electrons. The Morgan fingerprint density at radius 3 is 2.71 bits per heavy atom. The van der Waals surface area contributed by atoms with Gasteiger partial charge < -0.3 is 19.9 Å². The molecule has 0 saturated carbocycles. The number of rotatable bonds is 6. The summed E-state index contributed by atoms with van der Waals surface area (Å²) in [6, 6.07) is 8.13. The summed E-state index contributed by atoms with van der Waals surface area (Å²) in [5, 5.41) is 21.0. The molecule has 34 heavy (non-hydrogen) atoms. The third-order valence-electron chi connectivity index (χ3n) is 5.67. The minimum absolute atomic E-state index is 0.00600. The number of hydrogen-bond donors (Lipinski definition) is 2. The molecular formula is C22H20F3IN4O4. The number of anilines is 1. The minimum Gasteiger partial charge on any atom is -0.393 e. The summed E-state index contributed by atoms with van der Waals surface area (Å²) in [5.74, 6) is -4.88.